The number of ether oxygens (including phenoxy) is 1. The molecule has 0 saturated carbocycles. The quantitative estimate of drug-likeness (QED) is 0.719. The number of benzene rings is 2. The summed E-state index contributed by atoms with van der Waals surface area (Å²) in [6.07, 6.45) is 3.18. The Bertz CT molecular complexity index is 1020. The van der Waals surface area contributed by atoms with E-state index in [1.54, 1.807) is 54.9 Å². The Morgan fingerprint density at radius 2 is 1.92 bits per heavy atom. The van der Waals surface area contributed by atoms with E-state index in [9.17, 15) is 13.5 Å². The number of aromatic nitrogens is 1. The normalized spacial score (nSPS) is 13.1. The van der Waals surface area contributed by atoms with Crippen molar-refractivity contribution in [2.24, 2.45) is 0 Å². The maximum Gasteiger partial charge on any atom is 0.244 e. The Hall–Kier alpha value is -2.48. The number of hydrogen-bond donors (Lipinski definition) is 1. The van der Waals surface area contributed by atoms with E-state index in [-0.39, 0.29) is 11.5 Å². The zero-order valence-electron chi connectivity index (χ0n) is 14.5. The van der Waals surface area contributed by atoms with E-state index in [0.717, 1.165) is 5.39 Å². The first-order chi connectivity index (χ1) is 12.5. The van der Waals surface area contributed by atoms with E-state index in [2.05, 4.69) is 4.98 Å². The van der Waals surface area contributed by atoms with E-state index >= 15 is 0 Å². The van der Waals surface area contributed by atoms with Crippen molar-refractivity contribution in [1.82, 2.24) is 9.29 Å². The summed E-state index contributed by atoms with van der Waals surface area (Å²) in [5.41, 5.74) is 0.602. The summed E-state index contributed by atoms with van der Waals surface area (Å²) in [4.78, 5) is 4.21. The predicted octanol–water partition coefficient (Wildman–Crippen LogP) is 2.60. The van der Waals surface area contributed by atoms with E-state index < -0.39 is 16.1 Å². The standard InChI is InChI=1S/C19H20N2O4S/c1-21(17(13-22)16-7-3-4-8-18(16)25-2)26(23,24)19-9-5-6-14-12-20-11-10-15(14)19/h3-12,17,22H,13H2,1-2H3. The van der Waals surface area contributed by atoms with Crippen LogP contribution in [0.2, 0.25) is 0 Å². The SMILES string of the molecule is COc1ccccc1C(CO)N(C)S(=O)(=O)c1cccc2cnccc12. The highest BCUT2D eigenvalue weighted by Gasteiger charge is 2.31. The monoisotopic (exact) mass is 372 g/mol. The maximum atomic E-state index is 13.3. The fourth-order valence-electron chi connectivity index (χ4n) is 2.99. The van der Waals surface area contributed by atoms with Crippen molar-refractivity contribution in [3.8, 4) is 5.75 Å². The largest absolute Gasteiger partial charge is 0.496 e. The molecule has 0 spiro atoms. The van der Waals surface area contributed by atoms with Crippen LogP contribution in [0.3, 0.4) is 0 Å². The Morgan fingerprint density at radius 3 is 2.65 bits per heavy atom. The molecule has 0 saturated heterocycles. The number of methoxy groups -OCH3 is 1. The Morgan fingerprint density at radius 1 is 1.15 bits per heavy atom. The third-order valence-corrected chi connectivity index (χ3v) is 6.33. The van der Waals surface area contributed by atoms with Crippen molar-refractivity contribution >= 4 is 20.8 Å². The molecule has 26 heavy (non-hydrogen) atoms. The number of fused-ring (bicyclic) bond motifs is 1. The molecule has 136 valence electrons. The molecule has 0 radical (unpaired) electrons. The number of likely N-dealkylation sites (N-methyl/N-ethyl adjacent to an activating group) is 1. The highest BCUT2D eigenvalue weighted by molar-refractivity contribution is 7.89. The number of pyridine rings is 1. The van der Waals surface area contributed by atoms with Gasteiger partial charge in [-0.2, -0.15) is 4.31 Å². The molecule has 3 rings (SSSR count). The lowest BCUT2D eigenvalue weighted by Gasteiger charge is -2.27. The Kier molecular flexibility index (Phi) is 5.22. The van der Waals surface area contributed by atoms with Gasteiger partial charge < -0.3 is 9.84 Å². The van der Waals surface area contributed by atoms with E-state index in [1.165, 1.54) is 18.5 Å². The molecular formula is C19H20N2O4S. The molecule has 0 aliphatic heterocycles. The zero-order chi connectivity index (χ0) is 18.7. The van der Waals surface area contributed by atoms with Crippen LogP contribution in [0.25, 0.3) is 10.8 Å². The van der Waals surface area contributed by atoms with Gasteiger partial charge in [-0.3, -0.25) is 4.98 Å². The van der Waals surface area contributed by atoms with Crippen molar-refractivity contribution in [1.29, 1.82) is 0 Å². The molecule has 1 N–H and O–H groups in total. The van der Waals surface area contributed by atoms with Crippen LogP contribution in [0.4, 0.5) is 0 Å². The number of sulfonamides is 1. The van der Waals surface area contributed by atoms with Crippen LogP contribution in [-0.4, -0.2) is 43.6 Å². The summed E-state index contributed by atoms with van der Waals surface area (Å²) >= 11 is 0. The summed E-state index contributed by atoms with van der Waals surface area (Å²) in [6, 6.07) is 13.0. The molecule has 1 unspecified atom stereocenters. The van der Waals surface area contributed by atoms with E-state index in [4.69, 9.17) is 4.74 Å². The number of hydrogen-bond acceptors (Lipinski definition) is 5. The van der Waals surface area contributed by atoms with E-state index in [1.807, 2.05) is 6.07 Å². The van der Waals surface area contributed by atoms with Crippen molar-refractivity contribution < 1.29 is 18.3 Å². The summed E-state index contributed by atoms with van der Waals surface area (Å²) in [7, 11) is -0.886. The second-order valence-corrected chi connectivity index (χ2v) is 7.78. The molecule has 3 aromatic rings. The molecule has 7 heteroatoms. The predicted molar refractivity (Wildman–Crippen MR) is 99.5 cm³/mol. The van der Waals surface area contributed by atoms with Crippen molar-refractivity contribution in [3.63, 3.8) is 0 Å². The smallest absolute Gasteiger partial charge is 0.244 e. The zero-order valence-corrected chi connectivity index (χ0v) is 15.3. The average Bonchev–Trinajstić information content (AvgIpc) is 2.68. The van der Waals surface area contributed by atoms with Gasteiger partial charge >= 0.3 is 0 Å². The second kappa shape index (κ2) is 7.41. The van der Waals surface area contributed by atoms with E-state index in [0.29, 0.717) is 16.7 Å². The number of rotatable bonds is 6. The fraction of sp³-hybridized carbons (Fsp3) is 0.211. The summed E-state index contributed by atoms with van der Waals surface area (Å²) in [5, 5.41) is 11.2. The number of aliphatic hydroxyl groups excluding tert-OH is 1. The van der Waals surface area contributed by atoms with Gasteiger partial charge in [-0.15, -0.1) is 0 Å². The first-order valence-corrected chi connectivity index (χ1v) is 9.49. The highest BCUT2D eigenvalue weighted by Crippen LogP contribution is 2.33. The minimum atomic E-state index is -3.86. The van der Waals surface area contributed by atoms with Crippen LogP contribution in [0.1, 0.15) is 11.6 Å². The molecule has 6 nitrogen and oxygen atoms in total. The van der Waals surface area contributed by atoms with Crippen LogP contribution in [-0.2, 0) is 10.0 Å². The molecule has 1 heterocycles. The molecule has 0 aliphatic rings. The third kappa shape index (κ3) is 3.16. The fourth-order valence-corrected chi connectivity index (χ4v) is 4.53. The van der Waals surface area contributed by atoms with Gasteiger partial charge in [0.15, 0.2) is 0 Å². The van der Waals surface area contributed by atoms with Gasteiger partial charge in [0.2, 0.25) is 10.0 Å². The maximum absolute atomic E-state index is 13.3. The molecule has 0 amide bonds. The van der Waals surface area contributed by atoms with Crippen LogP contribution >= 0.6 is 0 Å². The highest BCUT2D eigenvalue weighted by atomic mass is 32.2. The van der Waals surface area contributed by atoms with Crippen LogP contribution in [0.5, 0.6) is 5.75 Å². The molecule has 0 bridgehead atoms. The van der Waals surface area contributed by atoms with Gasteiger partial charge in [0, 0.05) is 35.8 Å². The molecule has 1 atom stereocenters. The van der Waals surface area contributed by atoms with Gasteiger partial charge in [-0.25, -0.2) is 8.42 Å². The molecule has 0 aliphatic carbocycles. The summed E-state index contributed by atoms with van der Waals surface area (Å²) in [5.74, 6) is 0.524. The molecular weight excluding hydrogens is 352 g/mol. The lowest BCUT2D eigenvalue weighted by molar-refractivity contribution is 0.201. The summed E-state index contributed by atoms with van der Waals surface area (Å²) < 4.78 is 33.1. The van der Waals surface area contributed by atoms with Gasteiger partial charge in [-0.1, -0.05) is 30.3 Å². The lowest BCUT2D eigenvalue weighted by Crippen LogP contribution is -2.33. The summed E-state index contributed by atoms with van der Waals surface area (Å²) in [6.45, 7) is -0.373. The van der Waals surface area contributed by atoms with Gasteiger partial charge in [0.05, 0.1) is 24.7 Å². The third-order valence-electron chi connectivity index (χ3n) is 4.41. The van der Waals surface area contributed by atoms with Crippen LogP contribution in [0.15, 0.2) is 65.8 Å². The van der Waals surface area contributed by atoms with Crippen LogP contribution in [0, 0.1) is 0 Å². The first-order valence-electron chi connectivity index (χ1n) is 8.05. The van der Waals surface area contributed by atoms with Crippen molar-refractivity contribution in [2.75, 3.05) is 20.8 Å². The van der Waals surface area contributed by atoms with Crippen molar-refractivity contribution in [3.05, 3.63) is 66.5 Å². The number of para-hydroxylation sites is 1. The average molecular weight is 372 g/mol. The number of aliphatic hydroxyl groups is 1. The van der Waals surface area contributed by atoms with Gasteiger partial charge in [0.1, 0.15) is 5.75 Å². The lowest BCUT2D eigenvalue weighted by atomic mass is 10.1. The van der Waals surface area contributed by atoms with Gasteiger partial charge in [-0.05, 0) is 18.2 Å². The van der Waals surface area contributed by atoms with Crippen LogP contribution < -0.4 is 4.74 Å². The first kappa shape index (κ1) is 18.3. The molecule has 2 aromatic carbocycles. The number of nitrogens with zero attached hydrogens (tertiary/aromatic N) is 2. The van der Waals surface area contributed by atoms with Gasteiger partial charge in [0.25, 0.3) is 0 Å². The minimum absolute atomic E-state index is 0.174. The second-order valence-electron chi connectivity index (χ2n) is 5.81. The molecule has 1 aromatic heterocycles. The van der Waals surface area contributed by atoms with Crippen molar-refractivity contribution in [2.45, 2.75) is 10.9 Å². The topological polar surface area (TPSA) is 79.7 Å². The minimum Gasteiger partial charge on any atom is -0.496 e. The molecule has 0 fully saturated rings. The Balaban J connectivity index is 2.10. The Labute approximate surface area is 152 Å².